The van der Waals surface area contributed by atoms with Crippen LogP contribution in [0.25, 0.3) is 0 Å². The van der Waals surface area contributed by atoms with E-state index in [1.54, 1.807) is 7.05 Å². The molecule has 104 valence electrons. The molecule has 0 atom stereocenters. The number of piperazine rings is 1. The van der Waals surface area contributed by atoms with Gasteiger partial charge in [0, 0.05) is 39.6 Å². The van der Waals surface area contributed by atoms with Gasteiger partial charge in [0.1, 0.15) is 12.0 Å². The molecule has 7 heteroatoms. The van der Waals surface area contributed by atoms with Gasteiger partial charge in [-0.15, -0.1) is 0 Å². The molecule has 6 nitrogen and oxygen atoms in total. The summed E-state index contributed by atoms with van der Waals surface area (Å²) in [5.41, 5.74) is 0.736. The van der Waals surface area contributed by atoms with Crippen LogP contribution in [0.3, 0.4) is 0 Å². The van der Waals surface area contributed by atoms with Gasteiger partial charge in [-0.2, -0.15) is 0 Å². The first-order valence-electron chi connectivity index (χ1n) is 6.38. The number of aromatic nitrogens is 2. The molecule has 19 heavy (non-hydrogen) atoms. The summed E-state index contributed by atoms with van der Waals surface area (Å²) in [4.78, 5) is 23.9. The minimum Gasteiger partial charge on any atom is -0.383 e. The Morgan fingerprint density at radius 2 is 2.05 bits per heavy atom. The van der Waals surface area contributed by atoms with Crippen molar-refractivity contribution < 1.29 is 4.79 Å². The highest BCUT2D eigenvalue weighted by molar-refractivity contribution is 6.32. The topological polar surface area (TPSA) is 61.4 Å². The van der Waals surface area contributed by atoms with Crippen LogP contribution in [-0.2, 0) is 4.79 Å². The number of anilines is 2. The average Bonchev–Trinajstić information content (AvgIpc) is 2.46. The lowest BCUT2D eigenvalue weighted by Gasteiger charge is -2.36. The average molecular weight is 284 g/mol. The molecule has 0 saturated carbocycles. The number of halogens is 1. The normalized spacial score (nSPS) is 15.5. The van der Waals surface area contributed by atoms with Gasteiger partial charge in [-0.25, -0.2) is 9.97 Å². The lowest BCUT2D eigenvalue weighted by atomic mass is 10.2. The van der Waals surface area contributed by atoms with Gasteiger partial charge >= 0.3 is 0 Å². The number of carbonyl (C=O) groups excluding carboxylic acids is 1. The van der Waals surface area contributed by atoms with E-state index in [1.165, 1.54) is 6.33 Å². The van der Waals surface area contributed by atoms with Crippen LogP contribution in [0.1, 0.15) is 13.3 Å². The molecule has 1 saturated heterocycles. The highest BCUT2D eigenvalue weighted by atomic mass is 35.5. The fourth-order valence-corrected chi connectivity index (χ4v) is 2.42. The molecule has 1 amide bonds. The Morgan fingerprint density at radius 1 is 1.37 bits per heavy atom. The number of amides is 1. The molecule has 0 spiro atoms. The van der Waals surface area contributed by atoms with Crippen LogP contribution in [0.4, 0.5) is 11.5 Å². The molecule has 1 aromatic rings. The number of nitrogens with zero attached hydrogens (tertiary/aromatic N) is 4. The molecule has 1 N–H and O–H groups in total. The van der Waals surface area contributed by atoms with Crippen molar-refractivity contribution >= 4 is 29.0 Å². The van der Waals surface area contributed by atoms with E-state index < -0.39 is 0 Å². The second-order valence-electron chi connectivity index (χ2n) is 4.33. The Kier molecular flexibility index (Phi) is 4.42. The highest BCUT2D eigenvalue weighted by Crippen LogP contribution is 2.29. The van der Waals surface area contributed by atoms with E-state index in [2.05, 4.69) is 20.2 Å². The van der Waals surface area contributed by atoms with Crippen molar-refractivity contribution in [2.24, 2.45) is 0 Å². The highest BCUT2D eigenvalue weighted by Gasteiger charge is 2.23. The fourth-order valence-electron chi connectivity index (χ4n) is 2.20. The van der Waals surface area contributed by atoms with Crippen molar-refractivity contribution in [1.82, 2.24) is 14.9 Å². The summed E-state index contributed by atoms with van der Waals surface area (Å²) in [6.45, 7) is 4.84. The molecule has 1 aromatic heterocycles. The molecule has 2 rings (SSSR count). The lowest BCUT2D eigenvalue weighted by Crippen LogP contribution is -2.49. The van der Waals surface area contributed by atoms with Crippen molar-refractivity contribution in [3.8, 4) is 0 Å². The van der Waals surface area contributed by atoms with Gasteiger partial charge in [0.15, 0.2) is 11.0 Å². The number of nitrogens with one attached hydrogen (secondary N) is 1. The lowest BCUT2D eigenvalue weighted by molar-refractivity contribution is -0.131. The van der Waals surface area contributed by atoms with Crippen molar-refractivity contribution in [3.63, 3.8) is 0 Å². The van der Waals surface area contributed by atoms with Gasteiger partial charge in [-0.3, -0.25) is 4.79 Å². The van der Waals surface area contributed by atoms with Crippen molar-refractivity contribution in [1.29, 1.82) is 0 Å². The number of carbonyl (C=O) groups is 1. The number of hydrogen-bond acceptors (Lipinski definition) is 5. The van der Waals surface area contributed by atoms with Crippen molar-refractivity contribution in [2.75, 3.05) is 43.4 Å². The van der Waals surface area contributed by atoms with E-state index >= 15 is 0 Å². The SMILES string of the molecule is CCC(=O)N1CCN(c2ncnc(Cl)c2NC)CC1. The zero-order valence-corrected chi connectivity index (χ0v) is 11.9. The predicted molar refractivity (Wildman–Crippen MR) is 75.7 cm³/mol. The first kappa shape index (κ1) is 13.9. The number of rotatable bonds is 3. The van der Waals surface area contributed by atoms with Crippen LogP contribution >= 0.6 is 11.6 Å². The fraction of sp³-hybridized carbons (Fsp3) is 0.583. The standard InChI is InChI=1S/C12H18ClN5O/c1-3-9(19)17-4-6-18(7-5-17)12-10(14-2)11(13)15-8-16-12/h8,14H,3-7H2,1-2H3. The van der Waals surface area contributed by atoms with Gasteiger partial charge in [-0.05, 0) is 0 Å². The summed E-state index contributed by atoms with van der Waals surface area (Å²) < 4.78 is 0. The monoisotopic (exact) mass is 283 g/mol. The minimum atomic E-state index is 0.203. The molecule has 0 unspecified atom stereocenters. The Labute approximate surface area is 117 Å². The Balaban J connectivity index is 2.10. The molecule has 1 aliphatic rings. The maximum Gasteiger partial charge on any atom is 0.222 e. The summed E-state index contributed by atoms with van der Waals surface area (Å²) in [5, 5.41) is 3.44. The Bertz CT molecular complexity index is 459. The maximum absolute atomic E-state index is 11.6. The second-order valence-corrected chi connectivity index (χ2v) is 4.69. The van der Waals surface area contributed by atoms with Crippen LogP contribution in [0.15, 0.2) is 6.33 Å². The van der Waals surface area contributed by atoms with E-state index in [0.717, 1.165) is 37.7 Å². The van der Waals surface area contributed by atoms with Crippen molar-refractivity contribution in [3.05, 3.63) is 11.5 Å². The van der Waals surface area contributed by atoms with Crippen molar-refractivity contribution in [2.45, 2.75) is 13.3 Å². The molecule has 0 radical (unpaired) electrons. The van der Waals surface area contributed by atoms with Gasteiger partial charge in [0.25, 0.3) is 0 Å². The van der Waals surface area contributed by atoms with Gasteiger partial charge in [0.2, 0.25) is 5.91 Å². The molecule has 1 fully saturated rings. The smallest absolute Gasteiger partial charge is 0.222 e. The Hall–Kier alpha value is -1.56. The molecule has 1 aliphatic heterocycles. The summed E-state index contributed by atoms with van der Waals surface area (Å²) in [5.74, 6) is 1.00. The van der Waals surface area contributed by atoms with Gasteiger partial charge in [-0.1, -0.05) is 18.5 Å². The van der Waals surface area contributed by atoms with E-state index in [-0.39, 0.29) is 5.91 Å². The number of hydrogen-bond donors (Lipinski definition) is 1. The van der Waals surface area contributed by atoms with Crippen LogP contribution in [0.2, 0.25) is 5.15 Å². The minimum absolute atomic E-state index is 0.203. The summed E-state index contributed by atoms with van der Waals surface area (Å²) in [6, 6.07) is 0. The molecule has 0 aromatic carbocycles. The summed E-state index contributed by atoms with van der Waals surface area (Å²) in [7, 11) is 1.80. The zero-order chi connectivity index (χ0) is 13.8. The first-order valence-corrected chi connectivity index (χ1v) is 6.76. The quantitative estimate of drug-likeness (QED) is 0.846. The van der Waals surface area contributed by atoms with E-state index in [9.17, 15) is 4.79 Å². The zero-order valence-electron chi connectivity index (χ0n) is 11.2. The van der Waals surface area contributed by atoms with Crippen LogP contribution in [-0.4, -0.2) is 54.0 Å². The molecular weight excluding hydrogens is 266 g/mol. The Morgan fingerprint density at radius 3 is 2.63 bits per heavy atom. The van der Waals surface area contributed by atoms with Gasteiger partial charge < -0.3 is 15.1 Å². The summed E-state index contributed by atoms with van der Waals surface area (Å²) >= 11 is 6.05. The predicted octanol–water partition coefficient (Wildman–Crippen LogP) is 1.23. The molecule has 0 bridgehead atoms. The third-order valence-corrected chi connectivity index (χ3v) is 3.55. The largest absolute Gasteiger partial charge is 0.383 e. The van der Waals surface area contributed by atoms with Crippen LogP contribution in [0.5, 0.6) is 0 Å². The maximum atomic E-state index is 11.6. The van der Waals surface area contributed by atoms with Crippen LogP contribution < -0.4 is 10.2 Å². The van der Waals surface area contributed by atoms with E-state index in [0.29, 0.717) is 11.6 Å². The molecule has 0 aliphatic carbocycles. The van der Waals surface area contributed by atoms with E-state index in [1.807, 2.05) is 11.8 Å². The molecule has 2 heterocycles. The van der Waals surface area contributed by atoms with Crippen LogP contribution in [0, 0.1) is 0 Å². The third kappa shape index (κ3) is 2.89. The summed E-state index contributed by atoms with van der Waals surface area (Å²) in [6.07, 6.45) is 2.02. The van der Waals surface area contributed by atoms with Gasteiger partial charge in [0.05, 0.1) is 0 Å². The van der Waals surface area contributed by atoms with E-state index in [4.69, 9.17) is 11.6 Å². The molecular formula is C12H18ClN5O. The third-order valence-electron chi connectivity index (χ3n) is 3.27. The first-order chi connectivity index (χ1) is 9.17. The second kappa shape index (κ2) is 6.06.